The summed E-state index contributed by atoms with van der Waals surface area (Å²) in [6.45, 7) is 0.497. The summed E-state index contributed by atoms with van der Waals surface area (Å²) in [5, 5.41) is 14.9. The molecule has 0 fully saturated rings. The van der Waals surface area contributed by atoms with Crippen LogP contribution >= 0.6 is 11.8 Å². The highest BCUT2D eigenvalue weighted by Gasteiger charge is 2.46. The van der Waals surface area contributed by atoms with Gasteiger partial charge in [-0.1, -0.05) is 41.6 Å². The maximum absolute atomic E-state index is 13.2. The average molecular weight is 369 g/mol. The fourth-order valence-corrected chi connectivity index (χ4v) is 3.90. The summed E-state index contributed by atoms with van der Waals surface area (Å²) in [7, 11) is 1.78. The van der Waals surface area contributed by atoms with Crippen molar-refractivity contribution in [2.24, 2.45) is 0 Å². The van der Waals surface area contributed by atoms with Gasteiger partial charge in [0.15, 0.2) is 5.82 Å². The summed E-state index contributed by atoms with van der Waals surface area (Å²) in [6, 6.07) is 15.4. The number of halogens is 1. The summed E-state index contributed by atoms with van der Waals surface area (Å²) < 4.78 is 0. The lowest BCUT2D eigenvalue weighted by atomic mass is 9.69. The first-order chi connectivity index (χ1) is 12.7. The molecule has 0 spiro atoms. The predicted molar refractivity (Wildman–Crippen MR) is 98.1 cm³/mol. The lowest BCUT2D eigenvalue weighted by Gasteiger charge is -2.33. The first-order valence-corrected chi connectivity index (χ1v) is 8.62. The molecule has 0 bridgehead atoms. The zero-order valence-corrected chi connectivity index (χ0v) is 14.9. The van der Waals surface area contributed by atoms with Crippen LogP contribution in [0.2, 0.25) is 0 Å². The van der Waals surface area contributed by atoms with Crippen LogP contribution in [0.25, 0.3) is 0 Å². The Bertz CT molecular complexity index is 944. The molecule has 0 aliphatic carbocycles. The SMILES string of the molecule is CN1C(=O)c2ccccc2C(CCNCl)(c2nn[nH]n2)c2ccccc21. The van der Waals surface area contributed by atoms with Crippen LogP contribution in [0.5, 0.6) is 0 Å². The molecule has 1 amide bonds. The summed E-state index contributed by atoms with van der Waals surface area (Å²) in [4.78, 5) is 17.5. The van der Waals surface area contributed by atoms with Crippen LogP contribution in [0.15, 0.2) is 48.5 Å². The van der Waals surface area contributed by atoms with Crippen molar-refractivity contribution in [1.82, 2.24) is 25.5 Å². The van der Waals surface area contributed by atoms with Gasteiger partial charge in [-0.25, -0.2) is 4.84 Å². The van der Waals surface area contributed by atoms with Gasteiger partial charge in [0.05, 0.1) is 5.41 Å². The summed E-state index contributed by atoms with van der Waals surface area (Å²) in [6.07, 6.45) is 0.561. The molecule has 7 nitrogen and oxygen atoms in total. The molecule has 1 aliphatic rings. The van der Waals surface area contributed by atoms with E-state index in [9.17, 15) is 4.79 Å². The van der Waals surface area contributed by atoms with E-state index in [2.05, 4.69) is 25.5 Å². The van der Waals surface area contributed by atoms with E-state index in [-0.39, 0.29) is 5.91 Å². The molecule has 26 heavy (non-hydrogen) atoms. The highest BCUT2D eigenvalue weighted by Crippen LogP contribution is 2.47. The van der Waals surface area contributed by atoms with Gasteiger partial charge in [0.25, 0.3) is 5.91 Å². The van der Waals surface area contributed by atoms with Gasteiger partial charge in [-0.05, 0) is 41.5 Å². The molecule has 4 rings (SSSR count). The number of rotatable bonds is 4. The summed E-state index contributed by atoms with van der Waals surface area (Å²) >= 11 is 5.80. The standard InChI is InChI=1S/C18H17ClN6O/c1-25-15-9-5-4-8-14(15)18(10-11-20-19,17-21-23-24-22-17)13-7-3-2-6-12(13)16(25)26/h2-9,20H,10-11H2,1H3,(H,21,22,23,24). The number of hydrogen-bond acceptors (Lipinski definition) is 5. The number of aromatic nitrogens is 4. The Morgan fingerprint density at radius 1 is 1.15 bits per heavy atom. The Kier molecular flexibility index (Phi) is 4.18. The van der Waals surface area contributed by atoms with E-state index in [0.717, 1.165) is 16.8 Å². The van der Waals surface area contributed by atoms with Crippen LogP contribution in [0.3, 0.4) is 0 Å². The molecule has 8 heteroatoms. The van der Waals surface area contributed by atoms with Gasteiger partial charge in [-0.3, -0.25) is 4.79 Å². The van der Waals surface area contributed by atoms with Crippen LogP contribution in [0.1, 0.15) is 33.7 Å². The van der Waals surface area contributed by atoms with Crippen molar-refractivity contribution >= 4 is 23.4 Å². The van der Waals surface area contributed by atoms with Crippen LogP contribution in [-0.2, 0) is 5.41 Å². The Balaban J connectivity index is 2.13. The van der Waals surface area contributed by atoms with Gasteiger partial charge < -0.3 is 4.90 Å². The molecule has 0 saturated carbocycles. The van der Waals surface area contributed by atoms with Crippen molar-refractivity contribution in [3.8, 4) is 0 Å². The zero-order chi connectivity index (χ0) is 18.1. The number of nitrogens with zero attached hydrogens (tertiary/aromatic N) is 4. The number of amides is 1. The van der Waals surface area contributed by atoms with Crippen LogP contribution in [-0.4, -0.2) is 40.1 Å². The van der Waals surface area contributed by atoms with Gasteiger partial charge in [-0.2, -0.15) is 5.21 Å². The summed E-state index contributed by atoms with van der Waals surface area (Å²) in [5.74, 6) is 0.435. The van der Waals surface area contributed by atoms with E-state index in [1.54, 1.807) is 11.9 Å². The van der Waals surface area contributed by atoms with Gasteiger partial charge in [-0.15, -0.1) is 10.2 Å². The monoisotopic (exact) mass is 368 g/mol. The Morgan fingerprint density at radius 2 is 1.88 bits per heavy atom. The maximum atomic E-state index is 13.2. The smallest absolute Gasteiger partial charge is 0.258 e. The topological polar surface area (TPSA) is 86.8 Å². The molecular formula is C18H17ClN6O. The van der Waals surface area contributed by atoms with Crippen molar-refractivity contribution in [3.63, 3.8) is 0 Å². The number of para-hydroxylation sites is 1. The number of tetrazole rings is 1. The van der Waals surface area contributed by atoms with Crippen molar-refractivity contribution in [2.75, 3.05) is 18.5 Å². The molecule has 0 saturated heterocycles. The van der Waals surface area contributed by atoms with E-state index >= 15 is 0 Å². The van der Waals surface area contributed by atoms with Crippen molar-refractivity contribution in [3.05, 3.63) is 71.0 Å². The fourth-order valence-electron chi connectivity index (χ4n) is 3.80. The second kappa shape index (κ2) is 6.51. The molecule has 1 atom stereocenters. The van der Waals surface area contributed by atoms with Crippen LogP contribution < -0.4 is 9.74 Å². The van der Waals surface area contributed by atoms with Crippen molar-refractivity contribution in [1.29, 1.82) is 0 Å². The number of aromatic amines is 1. The van der Waals surface area contributed by atoms with E-state index in [0.29, 0.717) is 24.4 Å². The lowest BCUT2D eigenvalue weighted by Crippen LogP contribution is -2.34. The average Bonchev–Trinajstić information content (AvgIpc) is 3.21. The van der Waals surface area contributed by atoms with Gasteiger partial charge in [0.2, 0.25) is 0 Å². The molecule has 1 aromatic heterocycles. The number of carbonyl (C=O) groups excluding carboxylic acids is 1. The quantitative estimate of drug-likeness (QED) is 0.690. The van der Waals surface area contributed by atoms with E-state index in [1.807, 2.05) is 48.5 Å². The Hall–Kier alpha value is -2.77. The Morgan fingerprint density at radius 3 is 2.62 bits per heavy atom. The minimum atomic E-state index is -0.761. The third kappa shape index (κ3) is 2.32. The zero-order valence-electron chi connectivity index (χ0n) is 14.1. The largest absolute Gasteiger partial charge is 0.311 e. The van der Waals surface area contributed by atoms with Crippen LogP contribution in [0.4, 0.5) is 5.69 Å². The molecule has 2 aromatic carbocycles. The second-order valence-corrected chi connectivity index (χ2v) is 6.47. The molecule has 2 N–H and O–H groups in total. The third-order valence-corrected chi connectivity index (χ3v) is 5.16. The first kappa shape index (κ1) is 16.7. The van der Waals surface area contributed by atoms with Gasteiger partial charge in [0, 0.05) is 24.8 Å². The van der Waals surface area contributed by atoms with E-state index < -0.39 is 5.41 Å². The van der Waals surface area contributed by atoms with Gasteiger partial charge >= 0.3 is 0 Å². The molecule has 0 radical (unpaired) electrons. The Labute approximate surface area is 155 Å². The van der Waals surface area contributed by atoms with Crippen molar-refractivity contribution in [2.45, 2.75) is 11.8 Å². The number of benzene rings is 2. The predicted octanol–water partition coefficient (Wildman–Crippen LogP) is 2.26. The van der Waals surface area contributed by atoms with Crippen molar-refractivity contribution < 1.29 is 4.79 Å². The highest BCUT2D eigenvalue weighted by atomic mass is 35.5. The molecule has 3 aromatic rings. The highest BCUT2D eigenvalue weighted by molar-refractivity contribution is 6.13. The van der Waals surface area contributed by atoms with E-state index in [1.165, 1.54) is 0 Å². The minimum Gasteiger partial charge on any atom is -0.311 e. The van der Waals surface area contributed by atoms with Gasteiger partial charge in [0.1, 0.15) is 0 Å². The third-order valence-electron chi connectivity index (χ3n) is 4.97. The molecule has 2 heterocycles. The summed E-state index contributed by atoms with van der Waals surface area (Å²) in [5.41, 5.74) is 2.45. The number of carbonyl (C=O) groups is 1. The minimum absolute atomic E-state index is 0.0720. The fraction of sp³-hybridized carbons (Fsp3) is 0.222. The number of hydrogen-bond donors (Lipinski definition) is 2. The molecule has 1 aliphatic heterocycles. The second-order valence-electron chi connectivity index (χ2n) is 6.20. The van der Waals surface area contributed by atoms with E-state index in [4.69, 9.17) is 11.8 Å². The molecule has 132 valence electrons. The van der Waals surface area contributed by atoms with Crippen LogP contribution in [0, 0.1) is 0 Å². The number of fused-ring (bicyclic) bond motifs is 2. The maximum Gasteiger partial charge on any atom is 0.258 e. The molecular weight excluding hydrogens is 352 g/mol. The number of H-pyrrole nitrogens is 1. The number of anilines is 1. The lowest BCUT2D eigenvalue weighted by molar-refractivity contribution is 0.0992. The number of nitrogens with one attached hydrogen (secondary N) is 2. The first-order valence-electron chi connectivity index (χ1n) is 8.24. The normalized spacial score (nSPS) is 19.0. The molecule has 1 unspecified atom stereocenters.